The van der Waals surface area contributed by atoms with Gasteiger partial charge in [0.2, 0.25) is 5.91 Å². The molecule has 1 aromatic heterocycles. The smallest absolute Gasteiger partial charge is 0.337 e. The van der Waals surface area contributed by atoms with Crippen LogP contribution in [0.4, 0.5) is 5.69 Å². The lowest BCUT2D eigenvalue weighted by molar-refractivity contribution is -0.138. The second-order valence-corrected chi connectivity index (χ2v) is 8.70. The minimum Gasteiger partial charge on any atom is -0.468 e. The molecule has 1 unspecified atom stereocenters. The summed E-state index contributed by atoms with van der Waals surface area (Å²) >= 11 is 1.19. The van der Waals surface area contributed by atoms with Gasteiger partial charge in [-0.25, -0.2) is 4.79 Å². The number of nitrogens with zero attached hydrogens (tertiary/aromatic N) is 1. The number of esters is 1. The Hall–Kier alpha value is -4.22. The number of nitriles is 1. The van der Waals surface area contributed by atoms with E-state index in [9.17, 15) is 14.9 Å². The summed E-state index contributed by atoms with van der Waals surface area (Å²) in [5.41, 5.74) is 1.80. The number of carbonyl (C=O) groups excluding carboxylic acids is 2. The van der Waals surface area contributed by atoms with Crippen molar-refractivity contribution in [3.05, 3.63) is 101 Å². The predicted octanol–water partition coefficient (Wildman–Crippen LogP) is 5.23. The molecular formula is C27H23N3O4S. The zero-order chi connectivity index (χ0) is 24.8. The number of ether oxygens (including phenoxy) is 1. The monoisotopic (exact) mass is 485 g/mol. The molecule has 4 rings (SSSR count). The highest BCUT2D eigenvalue weighted by Gasteiger charge is 2.37. The molecule has 1 amide bonds. The molecule has 7 nitrogen and oxygen atoms in total. The van der Waals surface area contributed by atoms with Gasteiger partial charge in [-0.15, -0.1) is 0 Å². The first-order valence-electron chi connectivity index (χ1n) is 10.9. The number of amides is 1. The van der Waals surface area contributed by atoms with Crippen LogP contribution in [-0.4, -0.2) is 24.2 Å². The second kappa shape index (κ2) is 10.8. The van der Waals surface area contributed by atoms with Crippen molar-refractivity contribution in [1.82, 2.24) is 5.32 Å². The zero-order valence-corrected chi connectivity index (χ0v) is 19.9. The number of fused-ring (bicyclic) bond motifs is 1. The Kier molecular flexibility index (Phi) is 7.38. The third kappa shape index (κ3) is 5.15. The number of anilines is 1. The van der Waals surface area contributed by atoms with Gasteiger partial charge in [0, 0.05) is 16.8 Å². The molecule has 3 aromatic rings. The third-order valence-electron chi connectivity index (χ3n) is 5.44. The van der Waals surface area contributed by atoms with Crippen molar-refractivity contribution in [2.75, 3.05) is 17.7 Å². The number of nitrogens with one attached hydrogen (secondary N) is 2. The van der Waals surface area contributed by atoms with Crippen LogP contribution in [0.15, 0.2) is 99.8 Å². The summed E-state index contributed by atoms with van der Waals surface area (Å²) in [7, 11) is 0. The number of thioether (sulfide) groups is 1. The van der Waals surface area contributed by atoms with E-state index in [1.165, 1.54) is 24.1 Å². The lowest BCUT2D eigenvalue weighted by Crippen LogP contribution is -2.29. The Balaban J connectivity index is 1.57. The number of rotatable bonds is 8. The first-order valence-corrected chi connectivity index (χ1v) is 11.9. The molecule has 0 spiro atoms. The molecule has 8 heteroatoms. The molecule has 0 radical (unpaired) electrons. The van der Waals surface area contributed by atoms with Crippen molar-refractivity contribution < 1.29 is 18.7 Å². The highest BCUT2D eigenvalue weighted by atomic mass is 32.2. The van der Waals surface area contributed by atoms with Gasteiger partial charge in [0.25, 0.3) is 0 Å². The average molecular weight is 486 g/mol. The maximum atomic E-state index is 12.8. The van der Waals surface area contributed by atoms with Crippen LogP contribution in [0.2, 0.25) is 0 Å². The number of benzene rings is 2. The van der Waals surface area contributed by atoms with E-state index >= 15 is 0 Å². The van der Waals surface area contributed by atoms with E-state index in [2.05, 4.69) is 23.3 Å². The molecule has 176 valence electrons. The SMILES string of the molecule is C=CCOC(=O)C1=C(C)NC(SCC(=O)Nc2cccc3ccccc23)=C(C#N)C1c1ccco1. The summed E-state index contributed by atoms with van der Waals surface area (Å²) in [6.07, 6.45) is 2.96. The van der Waals surface area contributed by atoms with Gasteiger partial charge in [0.15, 0.2) is 0 Å². The standard InChI is InChI=1S/C27H23N3O4S/c1-3-13-34-27(32)24-17(2)29-26(20(15-28)25(24)22-12-7-14-33-22)35-16-23(31)30-21-11-6-9-18-8-4-5-10-19(18)21/h3-12,14,25,29H,1,13,16H2,2H3,(H,30,31). The van der Waals surface area contributed by atoms with Crippen LogP contribution in [-0.2, 0) is 14.3 Å². The van der Waals surface area contributed by atoms with Crippen molar-refractivity contribution in [2.24, 2.45) is 0 Å². The Morgan fingerprint density at radius 2 is 2.03 bits per heavy atom. The van der Waals surface area contributed by atoms with E-state index in [1.54, 1.807) is 19.1 Å². The Morgan fingerprint density at radius 1 is 1.23 bits per heavy atom. The van der Waals surface area contributed by atoms with Gasteiger partial charge in [-0.2, -0.15) is 5.26 Å². The minimum atomic E-state index is -0.753. The molecule has 1 aliphatic rings. The van der Waals surface area contributed by atoms with E-state index in [-0.39, 0.29) is 29.4 Å². The van der Waals surface area contributed by atoms with Crippen LogP contribution in [0.3, 0.4) is 0 Å². The molecule has 1 aliphatic heterocycles. The van der Waals surface area contributed by atoms with Crippen molar-refractivity contribution >= 4 is 40.1 Å². The number of hydrogen-bond acceptors (Lipinski definition) is 7. The highest BCUT2D eigenvalue weighted by Crippen LogP contribution is 2.41. The third-order valence-corrected chi connectivity index (χ3v) is 6.46. The summed E-state index contributed by atoms with van der Waals surface area (Å²) in [6, 6.07) is 19.1. The van der Waals surface area contributed by atoms with Crippen molar-refractivity contribution in [3.63, 3.8) is 0 Å². The number of carbonyl (C=O) groups is 2. The summed E-state index contributed by atoms with van der Waals surface area (Å²) < 4.78 is 10.8. The van der Waals surface area contributed by atoms with Crippen LogP contribution in [0.1, 0.15) is 18.6 Å². The van der Waals surface area contributed by atoms with E-state index in [0.717, 1.165) is 16.5 Å². The second-order valence-electron chi connectivity index (χ2n) is 7.72. The van der Waals surface area contributed by atoms with E-state index in [0.29, 0.717) is 16.5 Å². The Bertz CT molecular complexity index is 1380. The Morgan fingerprint density at radius 3 is 2.77 bits per heavy atom. The molecule has 2 N–H and O–H groups in total. The van der Waals surface area contributed by atoms with Crippen molar-refractivity contribution in [3.8, 4) is 6.07 Å². The van der Waals surface area contributed by atoms with E-state index < -0.39 is 11.9 Å². The first-order chi connectivity index (χ1) is 17.0. The summed E-state index contributed by atoms with van der Waals surface area (Å²) in [5, 5.41) is 18.5. The maximum absolute atomic E-state index is 12.8. The molecule has 1 atom stereocenters. The zero-order valence-electron chi connectivity index (χ0n) is 19.0. The number of furan rings is 1. The molecule has 0 saturated heterocycles. The van der Waals surface area contributed by atoms with Gasteiger partial charge >= 0.3 is 5.97 Å². The van der Waals surface area contributed by atoms with Crippen LogP contribution in [0.25, 0.3) is 10.8 Å². The predicted molar refractivity (Wildman–Crippen MR) is 136 cm³/mol. The molecule has 2 heterocycles. The maximum Gasteiger partial charge on any atom is 0.337 e. The van der Waals surface area contributed by atoms with Crippen LogP contribution in [0, 0.1) is 11.3 Å². The largest absolute Gasteiger partial charge is 0.468 e. The molecule has 0 fully saturated rings. The topological polar surface area (TPSA) is 104 Å². The van der Waals surface area contributed by atoms with Crippen LogP contribution in [0.5, 0.6) is 0 Å². The minimum absolute atomic E-state index is 0.0437. The highest BCUT2D eigenvalue weighted by molar-refractivity contribution is 8.03. The van der Waals surface area contributed by atoms with Crippen LogP contribution < -0.4 is 10.6 Å². The van der Waals surface area contributed by atoms with Gasteiger partial charge in [-0.05, 0) is 30.5 Å². The first kappa shape index (κ1) is 23.9. The average Bonchev–Trinajstić information content (AvgIpc) is 3.40. The van der Waals surface area contributed by atoms with Gasteiger partial charge < -0.3 is 19.8 Å². The lowest BCUT2D eigenvalue weighted by Gasteiger charge is -2.27. The molecule has 0 saturated carbocycles. The molecule has 2 aromatic carbocycles. The molecular weight excluding hydrogens is 462 g/mol. The van der Waals surface area contributed by atoms with E-state index in [1.807, 2.05) is 42.5 Å². The Labute approximate surface area is 207 Å². The summed E-state index contributed by atoms with van der Waals surface area (Å²) in [5.74, 6) is -1.04. The van der Waals surface area contributed by atoms with Crippen LogP contribution >= 0.6 is 11.8 Å². The molecule has 35 heavy (non-hydrogen) atoms. The molecule has 0 aliphatic carbocycles. The number of dihydropyridines is 1. The van der Waals surface area contributed by atoms with Crippen molar-refractivity contribution in [2.45, 2.75) is 12.8 Å². The fourth-order valence-electron chi connectivity index (χ4n) is 3.91. The molecule has 0 bridgehead atoms. The fraction of sp³-hybridized carbons (Fsp3) is 0.148. The van der Waals surface area contributed by atoms with Gasteiger partial charge in [0.05, 0.1) is 40.2 Å². The quantitative estimate of drug-likeness (QED) is 0.332. The number of allylic oxidation sites excluding steroid dienone is 2. The van der Waals surface area contributed by atoms with E-state index in [4.69, 9.17) is 9.15 Å². The van der Waals surface area contributed by atoms with Crippen molar-refractivity contribution in [1.29, 1.82) is 5.26 Å². The summed E-state index contributed by atoms with van der Waals surface area (Å²) in [6.45, 7) is 5.34. The number of hydrogen-bond donors (Lipinski definition) is 2. The fourth-order valence-corrected chi connectivity index (χ4v) is 4.80. The van der Waals surface area contributed by atoms with Gasteiger partial charge in [-0.1, -0.05) is 60.8 Å². The van der Waals surface area contributed by atoms with Gasteiger partial charge in [-0.3, -0.25) is 4.79 Å². The lowest BCUT2D eigenvalue weighted by atomic mass is 9.86. The van der Waals surface area contributed by atoms with Gasteiger partial charge in [0.1, 0.15) is 12.4 Å². The normalized spacial score (nSPS) is 15.4. The summed E-state index contributed by atoms with van der Waals surface area (Å²) in [4.78, 5) is 25.6.